The van der Waals surface area contributed by atoms with Crippen molar-refractivity contribution < 1.29 is 13.2 Å². The Balaban J connectivity index is 2.00. The lowest BCUT2D eigenvalue weighted by Gasteiger charge is -2.19. The van der Waals surface area contributed by atoms with Crippen molar-refractivity contribution in [3.8, 4) is 11.5 Å². The van der Waals surface area contributed by atoms with Gasteiger partial charge in [-0.15, -0.1) is 0 Å². The summed E-state index contributed by atoms with van der Waals surface area (Å²) in [6, 6.07) is 9.43. The first-order valence-corrected chi connectivity index (χ1v) is 11.6. The van der Waals surface area contributed by atoms with E-state index in [9.17, 15) is 8.42 Å². The van der Waals surface area contributed by atoms with Crippen LogP contribution in [-0.4, -0.2) is 57.3 Å². The number of sulfonamides is 1. The number of rotatable bonds is 8. The van der Waals surface area contributed by atoms with Gasteiger partial charge in [0.25, 0.3) is 10.0 Å². The van der Waals surface area contributed by atoms with Crippen LogP contribution in [0.2, 0.25) is 5.02 Å². The van der Waals surface area contributed by atoms with E-state index in [2.05, 4.69) is 25.3 Å². The molecule has 0 radical (unpaired) electrons. The number of amidine groups is 1. The van der Waals surface area contributed by atoms with Crippen LogP contribution in [0.5, 0.6) is 11.5 Å². The van der Waals surface area contributed by atoms with Gasteiger partial charge in [-0.2, -0.15) is 0 Å². The number of nitrogens with one attached hydrogen (secondary N) is 4. The molecular weight excluding hydrogens is 466 g/mol. The standard InChI is InChI=1S/C21H24ClN7O3S/c1-24-18-17(22)16(12-27-21(18)25-2)32-13-10-15(19(23)29(3)4)20(26-11-13)28-33(30,31)14-8-6-5-7-9-14/h5-12,23-24H,1-4H3,(H,25,27)(H,26,28). The normalized spacial score (nSPS) is 10.9. The number of halogens is 1. The van der Waals surface area contributed by atoms with Crippen molar-refractivity contribution in [2.75, 3.05) is 43.5 Å². The molecule has 0 bridgehead atoms. The zero-order chi connectivity index (χ0) is 24.2. The summed E-state index contributed by atoms with van der Waals surface area (Å²) in [7, 11) is 2.86. The highest BCUT2D eigenvalue weighted by Gasteiger charge is 2.21. The molecule has 0 aliphatic heterocycles. The maximum Gasteiger partial charge on any atom is 0.263 e. The number of anilines is 3. The number of aromatic nitrogens is 2. The third kappa shape index (κ3) is 5.26. The van der Waals surface area contributed by atoms with E-state index in [-0.39, 0.29) is 33.6 Å². The summed E-state index contributed by atoms with van der Waals surface area (Å²) in [5.74, 6) is 1.10. The van der Waals surface area contributed by atoms with Crippen molar-refractivity contribution in [1.82, 2.24) is 14.9 Å². The molecule has 0 aliphatic rings. The van der Waals surface area contributed by atoms with Gasteiger partial charge in [0, 0.05) is 28.2 Å². The van der Waals surface area contributed by atoms with Gasteiger partial charge >= 0.3 is 0 Å². The van der Waals surface area contributed by atoms with Crippen molar-refractivity contribution >= 4 is 44.8 Å². The van der Waals surface area contributed by atoms with Crippen molar-refractivity contribution in [3.63, 3.8) is 0 Å². The topological polar surface area (TPSA) is 132 Å². The first kappa shape index (κ1) is 24.1. The van der Waals surface area contributed by atoms with Gasteiger partial charge in [-0.05, 0) is 18.2 Å². The van der Waals surface area contributed by atoms with Crippen LogP contribution in [0, 0.1) is 5.41 Å². The SMILES string of the molecule is CNc1ncc(Oc2cnc(NS(=O)(=O)c3ccccc3)c(C(=N)N(C)C)c2)c(Cl)c1NC. The van der Waals surface area contributed by atoms with E-state index in [4.69, 9.17) is 21.7 Å². The van der Waals surface area contributed by atoms with Gasteiger partial charge in [-0.25, -0.2) is 18.4 Å². The average Bonchev–Trinajstić information content (AvgIpc) is 2.81. The summed E-state index contributed by atoms with van der Waals surface area (Å²) >= 11 is 6.45. The van der Waals surface area contributed by atoms with Gasteiger partial charge in [-0.3, -0.25) is 10.1 Å². The van der Waals surface area contributed by atoms with Crippen LogP contribution in [-0.2, 0) is 10.0 Å². The van der Waals surface area contributed by atoms with Gasteiger partial charge in [0.1, 0.15) is 16.6 Å². The number of benzene rings is 1. The predicted octanol–water partition coefficient (Wildman–Crippen LogP) is 3.69. The van der Waals surface area contributed by atoms with Crippen LogP contribution in [0.4, 0.5) is 17.3 Å². The van der Waals surface area contributed by atoms with Crippen LogP contribution in [0.25, 0.3) is 0 Å². The van der Waals surface area contributed by atoms with E-state index in [1.807, 2.05) is 0 Å². The van der Waals surface area contributed by atoms with Gasteiger partial charge in [0.2, 0.25) is 0 Å². The molecule has 33 heavy (non-hydrogen) atoms. The first-order chi connectivity index (χ1) is 15.7. The zero-order valence-electron chi connectivity index (χ0n) is 18.5. The second-order valence-corrected chi connectivity index (χ2v) is 9.05. The van der Waals surface area contributed by atoms with E-state index in [1.54, 1.807) is 46.4 Å². The maximum absolute atomic E-state index is 12.8. The molecule has 2 aromatic heterocycles. The summed E-state index contributed by atoms with van der Waals surface area (Å²) in [4.78, 5) is 10.1. The molecule has 0 saturated heterocycles. The monoisotopic (exact) mass is 489 g/mol. The van der Waals surface area contributed by atoms with Crippen molar-refractivity contribution in [3.05, 3.63) is 59.4 Å². The van der Waals surface area contributed by atoms with Crippen LogP contribution in [0.3, 0.4) is 0 Å². The summed E-state index contributed by atoms with van der Waals surface area (Å²) in [6.07, 6.45) is 2.80. The van der Waals surface area contributed by atoms with Gasteiger partial charge < -0.3 is 20.3 Å². The molecule has 0 saturated carbocycles. The second-order valence-electron chi connectivity index (χ2n) is 6.99. The molecule has 10 nitrogen and oxygen atoms in total. The fourth-order valence-electron chi connectivity index (χ4n) is 2.88. The smallest absolute Gasteiger partial charge is 0.263 e. The fourth-order valence-corrected chi connectivity index (χ4v) is 4.20. The number of pyridine rings is 2. The number of ether oxygens (including phenoxy) is 1. The Morgan fingerprint density at radius 1 is 1.06 bits per heavy atom. The molecule has 2 heterocycles. The molecule has 4 N–H and O–H groups in total. The summed E-state index contributed by atoms with van der Waals surface area (Å²) in [5.41, 5.74) is 0.778. The molecule has 0 aliphatic carbocycles. The van der Waals surface area contributed by atoms with Crippen LogP contribution in [0.1, 0.15) is 5.56 Å². The van der Waals surface area contributed by atoms with Crippen LogP contribution >= 0.6 is 11.6 Å². The minimum Gasteiger partial charge on any atom is -0.452 e. The summed E-state index contributed by atoms with van der Waals surface area (Å²) in [6.45, 7) is 0. The second kappa shape index (κ2) is 9.92. The Hall–Kier alpha value is -3.57. The van der Waals surface area contributed by atoms with Crippen molar-refractivity contribution in [2.24, 2.45) is 0 Å². The number of nitrogens with zero attached hydrogens (tertiary/aromatic N) is 3. The van der Waals surface area contributed by atoms with E-state index < -0.39 is 10.0 Å². The van der Waals surface area contributed by atoms with Gasteiger partial charge in [0.15, 0.2) is 17.4 Å². The third-order valence-electron chi connectivity index (χ3n) is 4.55. The lowest BCUT2D eigenvalue weighted by molar-refractivity contribution is 0.478. The Kier molecular flexibility index (Phi) is 7.24. The molecule has 3 rings (SSSR count). The Labute approximate surface area is 197 Å². The molecule has 174 valence electrons. The summed E-state index contributed by atoms with van der Waals surface area (Å²) in [5, 5.41) is 14.6. The minimum absolute atomic E-state index is 0.00410. The molecule has 1 aromatic carbocycles. The van der Waals surface area contributed by atoms with Crippen molar-refractivity contribution in [1.29, 1.82) is 5.41 Å². The zero-order valence-corrected chi connectivity index (χ0v) is 20.0. The number of hydrogen-bond donors (Lipinski definition) is 4. The predicted molar refractivity (Wildman–Crippen MR) is 130 cm³/mol. The Morgan fingerprint density at radius 2 is 1.73 bits per heavy atom. The largest absolute Gasteiger partial charge is 0.452 e. The lowest BCUT2D eigenvalue weighted by Crippen LogP contribution is -2.25. The van der Waals surface area contributed by atoms with E-state index in [1.165, 1.54) is 35.5 Å². The lowest BCUT2D eigenvalue weighted by atomic mass is 10.2. The van der Waals surface area contributed by atoms with E-state index >= 15 is 0 Å². The quantitative estimate of drug-likeness (QED) is 0.278. The third-order valence-corrected chi connectivity index (χ3v) is 6.28. The van der Waals surface area contributed by atoms with Crippen molar-refractivity contribution in [2.45, 2.75) is 4.90 Å². The fraction of sp³-hybridized carbons (Fsp3) is 0.190. The molecule has 12 heteroatoms. The Bertz CT molecular complexity index is 1270. The number of hydrogen-bond acceptors (Lipinski definition) is 8. The Morgan fingerprint density at radius 3 is 2.33 bits per heavy atom. The van der Waals surface area contributed by atoms with Crippen LogP contribution < -0.4 is 20.1 Å². The summed E-state index contributed by atoms with van der Waals surface area (Å²) < 4.78 is 33.9. The molecule has 0 atom stereocenters. The highest BCUT2D eigenvalue weighted by Crippen LogP contribution is 2.38. The molecule has 0 fully saturated rings. The van der Waals surface area contributed by atoms with E-state index in [0.717, 1.165) is 0 Å². The van der Waals surface area contributed by atoms with Gasteiger partial charge in [-0.1, -0.05) is 29.8 Å². The molecule has 3 aromatic rings. The maximum atomic E-state index is 12.8. The molecular formula is C21H24ClN7O3S. The first-order valence-electron chi connectivity index (χ1n) is 9.74. The van der Waals surface area contributed by atoms with Gasteiger partial charge in [0.05, 0.1) is 28.5 Å². The molecule has 0 amide bonds. The van der Waals surface area contributed by atoms with E-state index in [0.29, 0.717) is 16.5 Å². The average molecular weight is 490 g/mol. The minimum atomic E-state index is -3.91. The molecule has 0 spiro atoms. The highest BCUT2D eigenvalue weighted by atomic mass is 35.5. The van der Waals surface area contributed by atoms with Crippen LogP contribution in [0.15, 0.2) is 53.7 Å². The highest BCUT2D eigenvalue weighted by molar-refractivity contribution is 7.92. The molecule has 0 unspecified atom stereocenters.